The number of amides is 2. The van der Waals surface area contributed by atoms with E-state index in [1.165, 1.54) is 6.07 Å². The SMILES string of the molecule is Cc1cc(C)c(NC(=O)C(C)C(C)C)c(C)c1/N=c1/ccc2c(-c3ccccc3S(=O)(=O)O)c3ccc(Nc4c(C)cc(C)c(NC(=O)C(C)C(C)C)c4C)cc3oc-2c1. The third-order valence-electron chi connectivity index (χ3n) is 11.9. The summed E-state index contributed by atoms with van der Waals surface area (Å²) in [6.07, 6.45) is 0. The van der Waals surface area contributed by atoms with E-state index in [0.29, 0.717) is 44.5 Å². The Labute approximate surface area is 353 Å². The van der Waals surface area contributed by atoms with Crippen molar-refractivity contribution in [1.82, 2.24) is 0 Å². The molecule has 6 rings (SSSR count). The van der Waals surface area contributed by atoms with Crippen molar-refractivity contribution in [3.63, 3.8) is 0 Å². The number of fused-ring (bicyclic) bond motifs is 2. The van der Waals surface area contributed by atoms with Crippen molar-refractivity contribution in [2.45, 2.75) is 88.0 Å². The van der Waals surface area contributed by atoms with E-state index in [-0.39, 0.29) is 40.4 Å². The Morgan fingerprint density at radius 1 is 0.650 bits per heavy atom. The molecule has 0 saturated heterocycles. The fraction of sp³-hybridized carbons (Fsp3) is 0.327. The van der Waals surface area contributed by atoms with Crippen LogP contribution in [0.1, 0.15) is 74.9 Å². The number of benzene rings is 5. The first kappa shape index (κ1) is 43.8. The summed E-state index contributed by atoms with van der Waals surface area (Å²) in [5, 5.41) is 11.1. The van der Waals surface area contributed by atoms with Crippen molar-refractivity contribution in [2.24, 2.45) is 28.7 Å². The van der Waals surface area contributed by atoms with Crippen LogP contribution in [0.4, 0.5) is 28.4 Å². The summed E-state index contributed by atoms with van der Waals surface area (Å²) in [5.74, 6) is 0.376. The van der Waals surface area contributed by atoms with Crippen LogP contribution in [-0.2, 0) is 19.7 Å². The topological polar surface area (TPSA) is 150 Å². The van der Waals surface area contributed by atoms with Gasteiger partial charge in [-0.15, -0.1) is 0 Å². The lowest BCUT2D eigenvalue weighted by Crippen LogP contribution is -2.25. The molecular weight excluding hydrogens is 773 g/mol. The van der Waals surface area contributed by atoms with Crippen LogP contribution in [0.2, 0.25) is 0 Å². The van der Waals surface area contributed by atoms with Crippen molar-refractivity contribution >= 4 is 61.3 Å². The van der Waals surface area contributed by atoms with Gasteiger partial charge in [0.2, 0.25) is 11.8 Å². The Bertz CT molecular complexity index is 2820. The molecule has 60 heavy (non-hydrogen) atoms. The summed E-state index contributed by atoms with van der Waals surface area (Å²) in [6, 6.07) is 21.5. The molecule has 0 saturated carbocycles. The summed E-state index contributed by atoms with van der Waals surface area (Å²) in [4.78, 5) is 31.1. The van der Waals surface area contributed by atoms with Crippen LogP contribution in [0.15, 0.2) is 87.1 Å². The van der Waals surface area contributed by atoms with Gasteiger partial charge in [0.15, 0.2) is 0 Å². The number of anilines is 4. The molecule has 10 nitrogen and oxygen atoms in total. The summed E-state index contributed by atoms with van der Waals surface area (Å²) in [7, 11) is -4.61. The highest BCUT2D eigenvalue weighted by Gasteiger charge is 2.25. The second kappa shape index (κ2) is 17.1. The van der Waals surface area contributed by atoms with E-state index < -0.39 is 10.1 Å². The minimum Gasteiger partial charge on any atom is -0.456 e. The zero-order chi connectivity index (χ0) is 44.0. The van der Waals surface area contributed by atoms with Crippen LogP contribution in [-0.4, -0.2) is 24.8 Å². The Kier molecular flexibility index (Phi) is 12.5. The molecule has 0 radical (unpaired) electrons. The van der Waals surface area contributed by atoms with Gasteiger partial charge in [0.1, 0.15) is 16.2 Å². The monoisotopic (exact) mass is 828 g/mol. The van der Waals surface area contributed by atoms with Crippen molar-refractivity contribution in [3.8, 4) is 22.5 Å². The Morgan fingerprint density at radius 2 is 1.22 bits per heavy atom. The third kappa shape index (κ3) is 8.74. The van der Waals surface area contributed by atoms with Gasteiger partial charge in [-0.2, -0.15) is 8.42 Å². The minimum absolute atomic E-state index is 0.0395. The molecule has 2 amide bonds. The van der Waals surface area contributed by atoms with Crippen LogP contribution < -0.4 is 21.3 Å². The first-order valence-electron chi connectivity index (χ1n) is 20.4. The maximum atomic E-state index is 13.2. The van der Waals surface area contributed by atoms with Crippen molar-refractivity contribution in [2.75, 3.05) is 16.0 Å². The third-order valence-corrected chi connectivity index (χ3v) is 12.8. The smallest absolute Gasteiger partial charge is 0.295 e. The van der Waals surface area contributed by atoms with Crippen LogP contribution in [0.25, 0.3) is 33.4 Å². The Hall–Kier alpha value is -5.78. The van der Waals surface area contributed by atoms with E-state index in [0.717, 1.165) is 56.1 Å². The lowest BCUT2D eigenvalue weighted by Gasteiger charge is -2.22. The first-order chi connectivity index (χ1) is 28.2. The van der Waals surface area contributed by atoms with Crippen LogP contribution >= 0.6 is 0 Å². The lowest BCUT2D eigenvalue weighted by molar-refractivity contribution is -0.121. The van der Waals surface area contributed by atoms with E-state index in [2.05, 4.69) is 16.0 Å². The normalized spacial score (nSPS) is 13.3. The average Bonchev–Trinajstić information content (AvgIpc) is 3.18. The molecule has 11 heteroatoms. The van der Waals surface area contributed by atoms with Gasteiger partial charge in [-0.1, -0.05) is 71.9 Å². The molecule has 0 spiro atoms. The predicted octanol–water partition coefficient (Wildman–Crippen LogP) is 11.7. The van der Waals surface area contributed by atoms with Gasteiger partial charge in [-0.25, -0.2) is 4.99 Å². The van der Waals surface area contributed by atoms with E-state index in [4.69, 9.17) is 9.41 Å². The zero-order valence-corrected chi connectivity index (χ0v) is 37.4. The lowest BCUT2D eigenvalue weighted by atomic mass is 9.93. The van der Waals surface area contributed by atoms with Crippen LogP contribution in [0.3, 0.4) is 0 Å². The maximum Gasteiger partial charge on any atom is 0.295 e. The molecule has 1 aliphatic heterocycles. The molecule has 0 bridgehead atoms. The molecule has 0 fully saturated rings. The molecule has 1 heterocycles. The van der Waals surface area contributed by atoms with Crippen LogP contribution in [0, 0.1) is 65.2 Å². The van der Waals surface area contributed by atoms with Gasteiger partial charge in [0.25, 0.3) is 10.1 Å². The molecular formula is C49H56N4O6S. The molecule has 2 atom stereocenters. The average molecular weight is 829 g/mol. The molecule has 1 aliphatic carbocycles. The van der Waals surface area contributed by atoms with E-state index in [1.807, 2.05) is 132 Å². The predicted molar refractivity (Wildman–Crippen MR) is 243 cm³/mol. The molecule has 4 aromatic rings. The standard InChI is InChI=1S/C49H56N4O6S/c1-25(2)31(9)48(54)52-46-29(7)21-27(5)44(33(46)11)50-35-17-19-37-40(23-35)59-41-24-36(18-20-38(41)43(37)39-15-13-14-16-42(39)60(56,57)58)51-45-28(6)22-30(8)47(34(45)12)53-49(55)32(10)26(3)4/h13-26,31-32,50H,1-12H3,(H,52,54)(H,53,55)(H,56,57,58)/b51-36-. The Morgan fingerprint density at radius 3 is 1.82 bits per heavy atom. The molecule has 2 aliphatic rings. The summed E-state index contributed by atoms with van der Waals surface area (Å²) in [6.45, 7) is 23.8. The van der Waals surface area contributed by atoms with Crippen molar-refractivity contribution in [1.29, 1.82) is 0 Å². The molecule has 2 unspecified atom stereocenters. The van der Waals surface area contributed by atoms with Gasteiger partial charge >= 0.3 is 0 Å². The molecule has 4 N–H and O–H groups in total. The van der Waals surface area contributed by atoms with Gasteiger partial charge in [-0.3, -0.25) is 14.1 Å². The number of rotatable bonds is 11. The fourth-order valence-corrected chi connectivity index (χ4v) is 8.38. The number of nitrogens with zero attached hydrogens (tertiary/aromatic N) is 1. The van der Waals surface area contributed by atoms with E-state index >= 15 is 0 Å². The molecule has 0 aromatic heterocycles. The second-order valence-corrected chi connectivity index (χ2v) is 18.3. The largest absolute Gasteiger partial charge is 0.456 e. The second-order valence-electron chi connectivity index (χ2n) is 16.9. The summed E-state index contributed by atoms with van der Waals surface area (Å²) < 4.78 is 42.6. The highest BCUT2D eigenvalue weighted by atomic mass is 32.2. The summed E-state index contributed by atoms with van der Waals surface area (Å²) in [5.41, 5.74) is 11.3. The molecule has 314 valence electrons. The quantitative estimate of drug-likeness (QED) is 0.0750. The zero-order valence-electron chi connectivity index (χ0n) is 36.6. The number of nitrogens with one attached hydrogen (secondary N) is 3. The van der Waals surface area contributed by atoms with Crippen molar-refractivity contribution < 1.29 is 27.0 Å². The number of aryl methyl sites for hydroxylation is 4. The van der Waals surface area contributed by atoms with E-state index in [9.17, 15) is 22.6 Å². The van der Waals surface area contributed by atoms with E-state index in [1.54, 1.807) is 18.2 Å². The number of carbonyl (C=O) groups excluding carboxylic acids is 2. The maximum absolute atomic E-state index is 13.2. The van der Waals surface area contributed by atoms with Gasteiger partial charge in [-0.05, 0) is 117 Å². The number of hydrogen-bond donors (Lipinski definition) is 4. The molecule has 4 aromatic carbocycles. The fourth-order valence-electron chi connectivity index (χ4n) is 7.68. The number of carbonyl (C=O) groups is 2. The highest BCUT2D eigenvalue weighted by Crippen LogP contribution is 2.44. The van der Waals surface area contributed by atoms with Crippen molar-refractivity contribution in [3.05, 3.63) is 112 Å². The number of hydrogen-bond acceptors (Lipinski definition) is 7. The van der Waals surface area contributed by atoms with Gasteiger partial charge in [0.05, 0.1) is 11.0 Å². The van der Waals surface area contributed by atoms with Gasteiger partial charge < -0.3 is 20.4 Å². The Balaban J connectivity index is 1.53. The minimum atomic E-state index is -4.61. The van der Waals surface area contributed by atoms with Crippen LogP contribution in [0.5, 0.6) is 0 Å². The summed E-state index contributed by atoms with van der Waals surface area (Å²) >= 11 is 0. The highest BCUT2D eigenvalue weighted by molar-refractivity contribution is 7.86. The first-order valence-corrected chi connectivity index (χ1v) is 21.8. The van der Waals surface area contributed by atoms with Gasteiger partial charge in [0, 0.05) is 68.8 Å².